The lowest BCUT2D eigenvalue weighted by molar-refractivity contribution is 0.0685. The molecule has 0 aliphatic rings. The van der Waals surface area contributed by atoms with Crippen molar-refractivity contribution in [3.8, 4) is 0 Å². The van der Waals surface area contributed by atoms with Crippen molar-refractivity contribution in [2.75, 3.05) is 0 Å². The molecule has 0 aromatic rings. The number of hydrogen-bond donors (Lipinski definition) is 0. The molecule has 5 atom stereocenters. The minimum absolute atomic E-state index is 0.449. The predicted molar refractivity (Wildman–Crippen MR) is 199 cm³/mol. The van der Waals surface area contributed by atoms with E-state index in [-0.39, 0.29) is 0 Å². The summed E-state index contributed by atoms with van der Waals surface area (Å²) in [6.07, 6.45) is 13.9. The Morgan fingerprint density at radius 1 is 0.512 bits per heavy atom. The monoisotopic (exact) mass is 585 g/mol. The van der Waals surface area contributed by atoms with E-state index in [2.05, 4.69) is 104 Å². The van der Waals surface area contributed by atoms with E-state index in [1.165, 1.54) is 64.2 Å². The molecule has 0 spiro atoms. The molecule has 41 heavy (non-hydrogen) atoms. The molecule has 0 N–H and O–H groups in total. The highest BCUT2D eigenvalue weighted by Crippen LogP contribution is 2.44. The van der Waals surface area contributed by atoms with Gasteiger partial charge in [0.2, 0.25) is 0 Å². The van der Waals surface area contributed by atoms with Gasteiger partial charge in [-0.15, -0.1) is 0 Å². The van der Waals surface area contributed by atoms with Gasteiger partial charge in [0.15, 0.2) is 0 Å². The predicted octanol–water partition coefficient (Wildman–Crippen LogP) is 15.8. The molecule has 0 bridgehead atoms. The Bertz CT molecular complexity index is 445. The molecule has 0 fully saturated rings. The van der Waals surface area contributed by atoms with Gasteiger partial charge in [0.05, 0.1) is 0 Å². The first-order valence-corrected chi connectivity index (χ1v) is 19.1. The molecule has 256 valence electrons. The van der Waals surface area contributed by atoms with Crippen LogP contribution < -0.4 is 0 Å². The molecule has 0 amide bonds. The van der Waals surface area contributed by atoms with Gasteiger partial charge in [0.25, 0.3) is 0 Å². The first kappa shape index (κ1) is 50.6. The Labute approximate surface area is 267 Å². The topological polar surface area (TPSA) is 0 Å². The molecular weight excluding hydrogens is 492 g/mol. The third-order valence-corrected chi connectivity index (χ3v) is 8.70. The maximum atomic E-state index is 2.50. The third kappa shape index (κ3) is 29.8. The van der Waals surface area contributed by atoms with Gasteiger partial charge in [0, 0.05) is 0 Å². The van der Waals surface area contributed by atoms with Crippen molar-refractivity contribution in [3.63, 3.8) is 0 Å². The summed E-state index contributed by atoms with van der Waals surface area (Å²) >= 11 is 0. The second-order valence-corrected chi connectivity index (χ2v) is 14.7. The summed E-state index contributed by atoms with van der Waals surface area (Å²) < 4.78 is 0. The van der Waals surface area contributed by atoms with Crippen molar-refractivity contribution in [1.29, 1.82) is 0 Å². The second kappa shape index (κ2) is 32.9. The molecule has 0 aromatic carbocycles. The summed E-state index contributed by atoms with van der Waals surface area (Å²) in [7, 11) is 0. The van der Waals surface area contributed by atoms with Crippen LogP contribution in [-0.2, 0) is 0 Å². The van der Waals surface area contributed by atoms with Crippen molar-refractivity contribution in [2.45, 2.75) is 210 Å². The van der Waals surface area contributed by atoms with Crippen molar-refractivity contribution in [3.05, 3.63) is 0 Å². The Morgan fingerprint density at radius 3 is 1.20 bits per heavy atom. The first-order valence-electron chi connectivity index (χ1n) is 19.1. The fourth-order valence-electron chi connectivity index (χ4n) is 6.59. The summed E-state index contributed by atoms with van der Waals surface area (Å²) in [5.74, 6) is 7.90. The van der Waals surface area contributed by atoms with E-state index in [1.54, 1.807) is 0 Å². The molecule has 0 heterocycles. The molecule has 0 radical (unpaired) electrons. The van der Waals surface area contributed by atoms with Crippen LogP contribution in [0, 0.1) is 58.7 Å². The normalized spacial score (nSPS) is 14.9. The Balaban J connectivity index is -0.000000193. The summed E-state index contributed by atoms with van der Waals surface area (Å²) in [4.78, 5) is 0. The van der Waals surface area contributed by atoms with Gasteiger partial charge in [-0.25, -0.2) is 0 Å². The van der Waals surface area contributed by atoms with Gasteiger partial charge >= 0.3 is 0 Å². The Hall–Kier alpha value is 0. The van der Waals surface area contributed by atoms with Crippen LogP contribution in [0.5, 0.6) is 0 Å². The van der Waals surface area contributed by atoms with Gasteiger partial charge < -0.3 is 0 Å². The van der Waals surface area contributed by atoms with Crippen LogP contribution in [0.1, 0.15) is 210 Å². The van der Waals surface area contributed by atoms with E-state index in [4.69, 9.17) is 0 Å². The van der Waals surface area contributed by atoms with E-state index < -0.39 is 0 Å². The molecule has 0 aliphatic carbocycles. The quantitative estimate of drug-likeness (QED) is 0.159. The zero-order chi connectivity index (χ0) is 33.8. The molecule has 0 saturated carbocycles. The fraction of sp³-hybridized carbons (Fsp3) is 1.00. The minimum atomic E-state index is 0.449. The Morgan fingerprint density at radius 2 is 0.927 bits per heavy atom. The molecule has 0 saturated heterocycles. The highest BCUT2D eigenvalue weighted by atomic mass is 14.4. The molecular formula is C41H92. The zero-order valence-electron chi connectivity index (χ0n) is 33.8. The molecule has 0 aliphatic heterocycles. The summed E-state index contributed by atoms with van der Waals surface area (Å²) in [5, 5.41) is 0. The average molecular weight is 585 g/mol. The summed E-state index contributed by atoms with van der Waals surface area (Å²) in [6.45, 7) is 48.0. The van der Waals surface area contributed by atoms with Crippen molar-refractivity contribution >= 4 is 0 Å². The Kier molecular flexibility index (Phi) is 40.6. The number of hydrogen-bond acceptors (Lipinski definition) is 0. The SMILES string of the molecule is CC.CC.CC.CCCC(CC(C)(C)C)C(C(C)C)C(CC(C)C)C(C)CC.CCCC(CCC)CC(C)C(C)C. The highest BCUT2D eigenvalue weighted by molar-refractivity contribution is 4.85. The van der Waals surface area contributed by atoms with E-state index in [0.717, 1.165) is 53.3 Å². The van der Waals surface area contributed by atoms with Gasteiger partial charge in [-0.1, -0.05) is 190 Å². The number of rotatable bonds is 17. The second-order valence-electron chi connectivity index (χ2n) is 14.7. The van der Waals surface area contributed by atoms with Crippen LogP contribution in [-0.4, -0.2) is 0 Å². The lowest BCUT2D eigenvalue weighted by Crippen LogP contribution is -2.35. The van der Waals surface area contributed by atoms with Crippen molar-refractivity contribution in [2.24, 2.45) is 58.7 Å². The first-order chi connectivity index (χ1) is 19.1. The van der Waals surface area contributed by atoms with E-state index in [9.17, 15) is 0 Å². The largest absolute Gasteiger partial charge is 0.0683 e. The lowest BCUT2D eigenvalue weighted by atomic mass is 9.63. The standard InChI is InChI=1S/C22H46.C13H28.3C2H6/c1-11-13-19(15-22(8,9)10)21(17(5)6)20(14-16(3)4)18(7)12-2;1-6-8-13(9-7-2)10-12(5)11(3)4;3*1-2/h16-21H,11-15H2,1-10H3;11-13H,6-10H2,1-5H3;3*1-2H3. The molecule has 0 heteroatoms. The summed E-state index contributed by atoms with van der Waals surface area (Å²) in [6, 6.07) is 0. The summed E-state index contributed by atoms with van der Waals surface area (Å²) in [5.41, 5.74) is 0.449. The van der Waals surface area contributed by atoms with Crippen LogP contribution in [0.15, 0.2) is 0 Å². The van der Waals surface area contributed by atoms with Gasteiger partial charge in [-0.2, -0.15) is 0 Å². The van der Waals surface area contributed by atoms with E-state index >= 15 is 0 Å². The molecule has 5 unspecified atom stereocenters. The molecule has 0 rings (SSSR count). The van der Waals surface area contributed by atoms with Gasteiger partial charge in [-0.3, -0.25) is 0 Å². The van der Waals surface area contributed by atoms with Crippen LogP contribution in [0.4, 0.5) is 0 Å². The van der Waals surface area contributed by atoms with E-state index in [1.807, 2.05) is 41.5 Å². The van der Waals surface area contributed by atoms with Crippen LogP contribution in [0.3, 0.4) is 0 Å². The average Bonchev–Trinajstić information content (AvgIpc) is 2.90. The molecule has 0 nitrogen and oxygen atoms in total. The lowest BCUT2D eigenvalue weighted by Gasteiger charge is -2.42. The zero-order valence-corrected chi connectivity index (χ0v) is 33.8. The van der Waals surface area contributed by atoms with Gasteiger partial charge in [0.1, 0.15) is 0 Å². The maximum Gasteiger partial charge on any atom is -0.0331 e. The van der Waals surface area contributed by atoms with E-state index in [0.29, 0.717) is 5.41 Å². The van der Waals surface area contributed by atoms with Gasteiger partial charge in [-0.05, 0) is 77.9 Å². The third-order valence-electron chi connectivity index (χ3n) is 8.70. The van der Waals surface area contributed by atoms with Crippen LogP contribution in [0.25, 0.3) is 0 Å². The smallest absolute Gasteiger partial charge is 0.0331 e. The minimum Gasteiger partial charge on any atom is -0.0683 e. The molecule has 0 aromatic heterocycles. The highest BCUT2D eigenvalue weighted by Gasteiger charge is 2.36. The van der Waals surface area contributed by atoms with Crippen LogP contribution in [0.2, 0.25) is 0 Å². The van der Waals surface area contributed by atoms with Crippen molar-refractivity contribution in [1.82, 2.24) is 0 Å². The maximum absolute atomic E-state index is 2.50. The fourth-order valence-corrected chi connectivity index (χ4v) is 6.59. The van der Waals surface area contributed by atoms with Crippen LogP contribution >= 0.6 is 0 Å². The van der Waals surface area contributed by atoms with Crippen molar-refractivity contribution < 1.29 is 0 Å².